The highest BCUT2D eigenvalue weighted by molar-refractivity contribution is 5.97. The summed E-state index contributed by atoms with van der Waals surface area (Å²) >= 11 is 0. The minimum atomic E-state index is -1.63. The molecule has 0 radical (unpaired) electrons. The van der Waals surface area contributed by atoms with Gasteiger partial charge in [0.1, 0.15) is 36.8 Å². The average Bonchev–Trinajstić information content (AvgIpc) is 1.74. The maximum Gasteiger partial charge on any atom is 0.317 e. The lowest BCUT2D eigenvalue weighted by molar-refractivity contribution is -0.142. The summed E-state index contributed by atoms with van der Waals surface area (Å²) in [6.07, 6.45) is 18.0. The number of amides is 8. The summed E-state index contributed by atoms with van der Waals surface area (Å²) in [7, 11) is 1.83. The third-order valence-electron chi connectivity index (χ3n) is 16.2. The van der Waals surface area contributed by atoms with Crippen molar-refractivity contribution in [2.24, 2.45) is 11.5 Å². The lowest BCUT2D eigenvalue weighted by atomic mass is 10.0. The zero-order valence-corrected chi connectivity index (χ0v) is 54.7. The Balaban J connectivity index is 1.92. The quantitative estimate of drug-likeness (QED) is 0.0230. The number of hydrogen-bond acceptors (Lipinski definition) is 17. The molecule has 2 aliphatic rings. The highest BCUT2D eigenvalue weighted by atomic mass is 16.5. The van der Waals surface area contributed by atoms with Gasteiger partial charge in [-0.05, 0) is 116 Å². The van der Waals surface area contributed by atoms with Crippen molar-refractivity contribution in [3.05, 3.63) is 0 Å². The van der Waals surface area contributed by atoms with E-state index in [2.05, 4.69) is 37.2 Å². The maximum absolute atomic E-state index is 14.2. The second-order valence-electron chi connectivity index (χ2n) is 24.1. The molecule has 16 N–H and O–H groups in total. The van der Waals surface area contributed by atoms with E-state index in [-0.39, 0.29) is 115 Å². The number of ether oxygens (including phenoxy) is 2. The molecular formula is C62H109N13O18. The smallest absolute Gasteiger partial charge is 0.317 e. The number of nitrogens with two attached hydrogens (primary N) is 2. The van der Waals surface area contributed by atoms with Gasteiger partial charge in [0, 0.05) is 45.4 Å². The Morgan fingerprint density at radius 3 is 1.51 bits per heavy atom. The number of nitrogens with zero attached hydrogens (tertiary/aromatic N) is 3. The van der Waals surface area contributed by atoms with E-state index < -0.39 is 122 Å². The molecule has 2 saturated heterocycles. The number of likely N-dealkylation sites (N-methyl/N-ethyl adjacent to an activating group) is 1. The predicted octanol–water partition coefficient (Wildman–Crippen LogP) is 1.03. The van der Waals surface area contributed by atoms with Crippen LogP contribution in [0.1, 0.15) is 193 Å². The Morgan fingerprint density at radius 2 is 0.957 bits per heavy atom. The van der Waals surface area contributed by atoms with Gasteiger partial charge in [0.25, 0.3) is 0 Å². The highest BCUT2D eigenvalue weighted by Gasteiger charge is 2.41. The Kier molecular flexibility index (Phi) is 43.4. The van der Waals surface area contributed by atoms with Crippen molar-refractivity contribution in [1.29, 1.82) is 5.41 Å². The molecule has 530 valence electrons. The summed E-state index contributed by atoms with van der Waals surface area (Å²) < 4.78 is 10.9. The van der Waals surface area contributed by atoms with Crippen LogP contribution < -0.4 is 48.7 Å². The van der Waals surface area contributed by atoms with E-state index in [1.54, 1.807) is 0 Å². The molecule has 0 aliphatic carbocycles. The van der Waals surface area contributed by atoms with E-state index in [0.717, 1.165) is 62.8 Å². The molecule has 0 aromatic heterocycles. The standard InChI is InChI=1S/C62H109N13O18/c1-73-35-21-27-49(73)61(91)75-37-22-26-48(75)60(90)72-46(25-20-33-68-62(64)65)58(88)71-47(30-31-53(80)81)59(89)70-45(24-17-19-36-74(41-54(82)83)42-55(84)85)57(87)69-44(56(63)86)23-16-18-32-66-51(77)43-93-40-39-92-38-34-67-50(76)28-14-12-10-8-6-4-2-3-5-7-9-11-13-15-29-52(78)79/h44-49H,2-43H2,1H3,(H2,63,86)(H,66,77)(H,67,76)(H,69,87)(H,70,89)(H,71,88)(H,72,90)(H,78,79)(H,80,81)(H,82,83)(H,84,85)(H4,64,65,68)/t44-,45-,46-,47-,48-,49-/m0/s1. The Bertz CT molecular complexity index is 2320. The molecule has 31 heteroatoms. The van der Waals surface area contributed by atoms with Crippen LogP contribution in [0.2, 0.25) is 0 Å². The van der Waals surface area contributed by atoms with Gasteiger partial charge in [-0.1, -0.05) is 77.0 Å². The number of hydrogen-bond donors (Lipinski definition) is 14. The SMILES string of the molecule is CN1CCC[C@H]1C(=O)N1CCC[C@H]1C(=O)N[C@@H](CCCNC(=N)N)C(=O)N[C@@H](CCC(=O)O)C(=O)N[C@@H](CCCCN(CC(=O)O)CC(=O)O)C(=O)N[C@@H](CCCCNC(=O)COCCOCCNC(=O)CCCCCCCCCCCCCCCCC(=O)O)C(N)=O. The fourth-order valence-corrected chi connectivity index (χ4v) is 11.1. The predicted molar refractivity (Wildman–Crippen MR) is 342 cm³/mol. The number of likely N-dealkylation sites (tertiary alicyclic amines) is 2. The molecule has 0 spiro atoms. The highest BCUT2D eigenvalue weighted by Crippen LogP contribution is 2.24. The summed E-state index contributed by atoms with van der Waals surface area (Å²) in [5.74, 6) is -10.0. The van der Waals surface area contributed by atoms with Gasteiger partial charge >= 0.3 is 23.9 Å². The zero-order chi connectivity index (χ0) is 68.8. The van der Waals surface area contributed by atoms with Gasteiger partial charge in [0.2, 0.25) is 47.3 Å². The van der Waals surface area contributed by atoms with Crippen molar-refractivity contribution in [2.45, 2.75) is 229 Å². The van der Waals surface area contributed by atoms with E-state index in [9.17, 15) is 72.9 Å². The number of carboxylic acid groups (broad SMARTS) is 4. The molecule has 0 unspecified atom stereocenters. The Labute approximate surface area is 546 Å². The normalized spacial score (nSPS) is 15.9. The third-order valence-corrected chi connectivity index (χ3v) is 16.2. The fraction of sp³-hybridized carbons (Fsp3) is 0.790. The second-order valence-corrected chi connectivity index (χ2v) is 24.1. The molecule has 2 heterocycles. The van der Waals surface area contributed by atoms with Crippen molar-refractivity contribution >= 4 is 77.1 Å². The van der Waals surface area contributed by atoms with Gasteiger partial charge < -0.3 is 83.5 Å². The Morgan fingerprint density at radius 1 is 0.484 bits per heavy atom. The number of unbranched alkanes of at least 4 members (excludes halogenated alkanes) is 15. The summed E-state index contributed by atoms with van der Waals surface area (Å²) in [6, 6.07) is -7.06. The molecule has 2 rings (SSSR count). The first-order valence-electron chi connectivity index (χ1n) is 33.4. The van der Waals surface area contributed by atoms with Crippen molar-refractivity contribution < 1.29 is 87.4 Å². The number of primary amides is 1. The summed E-state index contributed by atoms with van der Waals surface area (Å²) in [6.45, 7) is 0.733. The van der Waals surface area contributed by atoms with Gasteiger partial charge in [-0.25, -0.2) is 0 Å². The minimum absolute atomic E-state index is 0.00738. The zero-order valence-electron chi connectivity index (χ0n) is 54.7. The summed E-state index contributed by atoms with van der Waals surface area (Å²) in [5, 5.41) is 63.1. The van der Waals surface area contributed by atoms with E-state index in [1.165, 1.54) is 49.8 Å². The van der Waals surface area contributed by atoms with Crippen molar-refractivity contribution in [3.63, 3.8) is 0 Å². The van der Waals surface area contributed by atoms with Crippen LogP contribution in [0, 0.1) is 5.41 Å². The molecule has 31 nitrogen and oxygen atoms in total. The van der Waals surface area contributed by atoms with Gasteiger partial charge in [-0.3, -0.25) is 72.7 Å². The first kappa shape index (κ1) is 81.8. The lowest BCUT2D eigenvalue weighted by Crippen LogP contribution is -2.59. The first-order valence-corrected chi connectivity index (χ1v) is 33.4. The fourth-order valence-electron chi connectivity index (χ4n) is 11.1. The van der Waals surface area contributed by atoms with Crippen LogP contribution in [0.15, 0.2) is 0 Å². The second kappa shape index (κ2) is 49.4. The topological polar surface area (TPSA) is 474 Å². The number of carbonyl (C=O) groups excluding carboxylic acids is 8. The number of guanidine groups is 1. The molecule has 0 saturated carbocycles. The molecule has 0 aromatic carbocycles. The molecule has 2 fully saturated rings. The van der Waals surface area contributed by atoms with Crippen LogP contribution in [-0.4, -0.2) is 234 Å². The van der Waals surface area contributed by atoms with Crippen molar-refractivity contribution in [1.82, 2.24) is 51.9 Å². The Hall–Kier alpha value is -7.25. The van der Waals surface area contributed by atoms with Crippen LogP contribution >= 0.6 is 0 Å². The molecule has 2 aliphatic heterocycles. The van der Waals surface area contributed by atoms with E-state index in [4.69, 9.17) is 31.5 Å². The minimum Gasteiger partial charge on any atom is -0.481 e. The van der Waals surface area contributed by atoms with Gasteiger partial charge in [-0.15, -0.1) is 0 Å². The van der Waals surface area contributed by atoms with Crippen LogP contribution in [0.5, 0.6) is 0 Å². The maximum atomic E-state index is 14.2. The van der Waals surface area contributed by atoms with Gasteiger partial charge in [0.05, 0.1) is 39.0 Å². The molecule has 0 aromatic rings. The van der Waals surface area contributed by atoms with E-state index in [1.807, 2.05) is 11.9 Å². The summed E-state index contributed by atoms with van der Waals surface area (Å²) in [4.78, 5) is 158. The van der Waals surface area contributed by atoms with Gasteiger partial charge in [0.15, 0.2) is 5.96 Å². The molecular weight excluding hydrogens is 1210 g/mol. The van der Waals surface area contributed by atoms with Crippen LogP contribution in [0.25, 0.3) is 0 Å². The van der Waals surface area contributed by atoms with Crippen LogP contribution in [0.4, 0.5) is 0 Å². The summed E-state index contributed by atoms with van der Waals surface area (Å²) in [5.41, 5.74) is 11.2. The number of aliphatic carboxylic acids is 4. The number of nitrogens with one attached hydrogen (secondary N) is 8. The first-order chi connectivity index (χ1) is 44.5. The van der Waals surface area contributed by atoms with E-state index in [0.29, 0.717) is 45.2 Å². The third kappa shape index (κ3) is 39.2. The number of carboxylic acids is 4. The largest absolute Gasteiger partial charge is 0.481 e. The molecule has 93 heavy (non-hydrogen) atoms. The number of carbonyl (C=O) groups is 12. The van der Waals surface area contributed by atoms with Gasteiger partial charge in [-0.2, -0.15) is 0 Å². The van der Waals surface area contributed by atoms with Crippen molar-refractivity contribution in [2.75, 3.05) is 85.8 Å². The van der Waals surface area contributed by atoms with Crippen molar-refractivity contribution in [3.8, 4) is 0 Å². The molecule has 8 amide bonds. The average molecular weight is 1320 g/mol. The number of rotatable bonds is 56. The lowest BCUT2D eigenvalue weighted by Gasteiger charge is -2.30. The monoisotopic (exact) mass is 1320 g/mol. The van der Waals surface area contributed by atoms with E-state index >= 15 is 0 Å². The molecule has 0 bridgehead atoms. The molecule has 6 atom stereocenters. The van der Waals surface area contributed by atoms with Crippen LogP contribution in [0.3, 0.4) is 0 Å². The van der Waals surface area contributed by atoms with Crippen LogP contribution in [-0.2, 0) is 67.0 Å².